The first-order valence-electron chi connectivity index (χ1n) is 9.21. The molecule has 4 rings (SSSR count). The van der Waals surface area contributed by atoms with Crippen LogP contribution in [0.15, 0.2) is 23.0 Å². The van der Waals surface area contributed by atoms with Gasteiger partial charge in [0.05, 0.1) is 18.9 Å². The van der Waals surface area contributed by atoms with Crippen LogP contribution in [0.25, 0.3) is 0 Å². The van der Waals surface area contributed by atoms with E-state index in [2.05, 4.69) is 9.88 Å². The second-order valence-corrected chi connectivity index (χ2v) is 6.93. The first-order valence-corrected chi connectivity index (χ1v) is 9.21. The zero-order valence-electron chi connectivity index (χ0n) is 15.0. The summed E-state index contributed by atoms with van der Waals surface area (Å²) in [5.74, 6) is -0.520. The number of halogens is 2. The Hall–Kier alpha value is -2.32. The fraction of sp³-hybridized carbons (Fsp3) is 0.474. The molecule has 0 amide bonds. The van der Waals surface area contributed by atoms with Gasteiger partial charge in [-0.1, -0.05) is 6.07 Å². The molecule has 8 heteroatoms. The molecule has 1 N–H and O–H groups in total. The van der Waals surface area contributed by atoms with Crippen LogP contribution in [0.5, 0.6) is 0 Å². The maximum Gasteiger partial charge on any atom is 0.255 e. The Morgan fingerprint density at radius 1 is 1.11 bits per heavy atom. The molecule has 0 atom stereocenters. The molecule has 0 aliphatic carbocycles. The lowest BCUT2D eigenvalue weighted by atomic mass is 10.1. The normalized spacial score (nSPS) is 18.2. The van der Waals surface area contributed by atoms with E-state index < -0.39 is 11.6 Å². The summed E-state index contributed by atoms with van der Waals surface area (Å²) >= 11 is 0. The van der Waals surface area contributed by atoms with Gasteiger partial charge < -0.3 is 9.64 Å². The number of aromatic amines is 1. The standard InChI is InChI=1S/C19H22F2N4O2/c20-14-2-1-13(16(21)11-14)12-24-5-3-15-17(4-6-24)22-19(23-18(15)26)25-7-9-27-10-8-25/h1-2,11H,3-10,12H2,(H,22,23,26). The van der Waals surface area contributed by atoms with Gasteiger partial charge >= 0.3 is 0 Å². The van der Waals surface area contributed by atoms with E-state index in [1.807, 2.05) is 4.90 Å². The van der Waals surface area contributed by atoms with Crippen molar-refractivity contribution in [2.24, 2.45) is 0 Å². The van der Waals surface area contributed by atoms with E-state index in [0.29, 0.717) is 75.9 Å². The lowest BCUT2D eigenvalue weighted by molar-refractivity contribution is 0.122. The van der Waals surface area contributed by atoms with Crippen LogP contribution in [0.4, 0.5) is 14.7 Å². The SMILES string of the molecule is O=c1[nH]c(N2CCOCC2)nc2c1CCN(Cc1ccc(F)cc1F)CC2. The highest BCUT2D eigenvalue weighted by molar-refractivity contribution is 5.34. The monoisotopic (exact) mass is 376 g/mol. The topological polar surface area (TPSA) is 61.5 Å². The van der Waals surface area contributed by atoms with Crippen LogP contribution < -0.4 is 10.5 Å². The predicted molar refractivity (Wildman–Crippen MR) is 96.9 cm³/mol. The van der Waals surface area contributed by atoms with Crippen LogP contribution in [-0.2, 0) is 24.1 Å². The molecule has 1 aromatic carbocycles. The van der Waals surface area contributed by atoms with E-state index in [4.69, 9.17) is 9.72 Å². The number of hydrogen-bond acceptors (Lipinski definition) is 5. The average Bonchev–Trinajstić information content (AvgIpc) is 2.87. The van der Waals surface area contributed by atoms with Gasteiger partial charge in [0.2, 0.25) is 5.95 Å². The van der Waals surface area contributed by atoms with Crippen molar-refractivity contribution < 1.29 is 13.5 Å². The van der Waals surface area contributed by atoms with Crippen molar-refractivity contribution in [2.75, 3.05) is 44.3 Å². The van der Waals surface area contributed by atoms with Crippen molar-refractivity contribution in [2.45, 2.75) is 19.4 Å². The van der Waals surface area contributed by atoms with Crippen LogP contribution in [0.3, 0.4) is 0 Å². The zero-order chi connectivity index (χ0) is 18.8. The van der Waals surface area contributed by atoms with Gasteiger partial charge in [-0.2, -0.15) is 0 Å². The van der Waals surface area contributed by atoms with E-state index in [0.717, 1.165) is 11.8 Å². The van der Waals surface area contributed by atoms with Gasteiger partial charge in [0.1, 0.15) is 11.6 Å². The molecule has 1 fully saturated rings. The van der Waals surface area contributed by atoms with Crippen molar-refractivity contribution in [1.29, 1.82) is 0 Å². The number of morpholine rings is 1. The van der Waals surface area contributed by atoms with Crippen LogP contribution in [0.1, 0.15) is 16.8 Å². The minimum Gasteiger partial charge on any atom is -0.378 e. The lowest BCUT2D eigenvalue weighted by Crippen LogP contribution is -2.38. The van der Waals surface area contributed by atoms with Crippen molar-refractivity contribution in [3.05, 3.63) is 57.0 Å². The number of aromatic nitrogens is 2. The predicted octanol–water partition coefficient (Wildman–Crippen LogP) is 1.49. The number of anilines is 1. The number of fused-ring (bicyclic) bond motifs is 1. The molecular weight excluding hydrogens is 354 g/mol. The van der Waals surface area contributed by atoms with Crippen molar-refractivity contribution in [3.63, 3.8) is 0 Å². The highest BCUT2D eigenvalue weighted by atomic mass is 19.1. The molecule has 0 radical (unpaired) electrons. The Kier molecular flexibility index (Phi) is 5.18. The summed E-state index contributed by atoms with van der Waals surface area (Å²) in [5, 5.41) is 0. The summed E-state index contributed by atoms with van der Waals surface area (Å²) in [5.41, 5.74) is 1.87. The Morgan fingerprint density at radius 2 is 1.89 bits per heavy atom. The van der Waals surface area contributed by atoms with Gasteiger partial charge in [-0.25, -0.2) is 13.8 Å². The number of H-pyrrole nitrogens is 1. The van der Waals surface area contributed by atoms with Crippen molar-refractivity contribution in [3.8, 4) is 0 Å². The summed E-state index contributed by atoms with van der Waals surface area (Å²) in [7, 11) is 0. The fourth-order valence-electron chi connectivity index (χ4n) is 3.62. The minimum atomic E-state index is -0.578. The van der Waals surface area contributed by atoms with E-state index in [9.17, 15) is 13.6 Å². The third-order valence-electron chi connectivity index (χ3n) is 5.15. The van der Waals surface area contributed by atoms with Gasteiger partial charge in [-0.15, -0.1) is 0 Å². The number of benzene rings is 1. The van der Waals surface area contributed by atoms with Gasteiger partial charge in [-0.05, 0) is 12.5 Å². The minimum absolute atomic E-state index is 0.101. The Morgan fingerprint density at radius 3 is 2.67 bits per heavy atom. The molecule has 27 heavy (non-hydrogen) atoms. The Labute approximate surface area is 155 Å². The van der Waals surface area contributed by atoms with E-state index in [1.165, 1.54) is 12.1 Å². The second kappa shape index (κ2) is 7.74. The molecule has 0 unspecified atom stereocenters. The van der Waals surface area contributed by atoms with E-state index in [1.54, 1.807) is 0 Å². The molecule has 0 bridgehead atoms. The van der Waals surface area contributed by atoms with Gasteiger partial charge in [-0.3, -0.25) is 14.7 Å². The number of nitrogens with zero attached hydrogens (tertiary/aromatic N) is 3. The largest absolute Gasteiger partial charge is 0.378 e. The fourth-order valence-corrected chi connectivity index (χ4v) is 3.62. The highest BCUT2D eigenvalue weighted by Gasteiger charge is 2.22. The summed E-state index contributed by atoms with van der Waals surface area (Å²) in [6, 6.07) is 3.65. The quantitative estimate of drug-likeness (QED) is 0.880. The third-order valence-corrected chi connectivity index (χ3v) is 5.15. The van der Waals surface area contributed by atoms with Crippen LogP contribution in [0, 0.1) is 11.6 Å². The molecule has 2 aliphatic rings. The van der Waals surface area contributed by atoms with Crippen LogP contribution >= 0.6 is 0 Å². The molecule has 3 heterocycles. The van der Waals surface area contributed by atoms with Gasteiger partial charge in [0.25, 0.3) is 5.56 Å². The molecule has 144 valence electrons. The molecule has 1 aromatic heterocycles. The molecule has 6 nitrogen and oxygen atoms in total. The summed E-state index contributed by atoms with van der Waals surface area (Å²) in [4.78, 5) is 24.3. The van der Waals surface area contributed by atoms with Crippen molar-refractivity contribution >= 4 is 5.95 Å². The smallest absolute Gasteiger partial charge is 0.255 e. The molecule has 1 saturated heterocycles. The molecule has 2 aromatic rings. The van der Waals surface area contributed by atoms with Crippen molar-refractivity contribution in [1.82, 2.24) is 14.9 Å². The third kappa shape index (κ3) is 4.01. The maximum absolute atomic E-state index is 13.9. The first kappa shape index (κ1) is 18.1. The van der Waals surface area contributed by atoms with Gasteiger partial charge in [0.15, 0.2) is 0 Å². The number of nitrogens with one attached hydrogen (secondary N) is 1. The Balaban J connectivity index is 1.50. The summed E-state index contributed by atoms with van der Waals surface area (Å²) < 4.78 is 32.4. The molecule has 0 saturated carbocycles. The van der Waals surface area contributed by atoms with Crippen LogP contribution in [0.2, 0.25) is 0 Å². The highest BCUT2D eigenvalue weighted by Crippen LogP contribution is 2.18. The number of hydrogen-bond donors (Lipinski definition) is 1. The second-order valence-electron chi connectivity index (χ2n) is 6.93. The summed E-state index contributed by atoms with van der Waals surface area (Å²) in [6.45, 7) is 4.34. The molecule has 0 spiro atoms. The molecule has 2 aliphatic heterocycles. The number of rotatable bonds is 3. The van der Waals surface area contributed by atoms with Crippen LogP contribution in [-0.4, -0.2) is 54.3 Å². The summed E-state index contributed by atoms with van der Waals surface area (Å²) in [6.07, 6.45) is 1.18. The molecular formula is C19H22F2N4O2. The zero-order valence-corrected chi connectivity index (χ0v) is 15.0. The maximum atomic E-state index is 13.9. The number of ether oxygens (including phenoxy) is 1. The van der Waals surface area contributed by atoms with E-state index in [-0.39, 0.29) is 5.56 Å². The van der Waals surface area contributed by atoms with E-state index >= 15 is 0 Å². The first-order chi connectivity index (χ1) is 13.1. The lowest BCUT2D eigenvalue weighted by Gasteiger charge is -2.27. The Bertz CT molecular complexity index is 880. The van der Waals surface area contributed by atoms with Gasteiger partial charge in [0, 0.05) is 56.3 Å². The average molecular weight is 376 g/mol.